The van der Waals surface area contributed by atoms with Gasteiger partial charge in [-0.15, -0.1) is 0 Å². The lowest BCUT2D eigenvalue weighted by Crippen LogP contribution is -2.49. The predicted molar refractivity (Wildman–Crippen MR) is 63.3 cm³/mol. The summed E-state index contributed by atoms with van der Waals surface area (Å²) in [5.74, 6) is -1.08. The Morgan fingerprint density at radius 3 is 2.67 bits per heavy atom. The smallest absolute Gasteiger partial charge is 0.326 e. The van der Waals surface area contributed by atoms with Gasteiger partial charge in [0, 0.05) is 33.2 Å². The predicted octanol–water partition coefficient (Wildman–Crippen LogP) is -0.405. The molecule has 0 radical (unpaired) electrons. The number of rotatable bonds is 5. The molecule has 0 saturated carbocycles. The summed E-state index contributed by atoms with van der Waals surface area (Å²) in [7, 11) is 1.54. The lowest BCUT2D eigenvalue weighted by Gasteiger charge is -2.29. The van der Waals surface area contributed by atoms with Crippen molar-refractivity contribution in [1.82, 2.24) is 9.80 Å². The minimum absolute atomic E-state index is 0.0687. The second kappa shape index (κ2) is 6.55. The second-order valence-electron chi connectivity index (χ2n) is 4.25. The number of carbonyl (C=O) groups excluding carboxylic acids is 1. The maximum absolute atomic E-state index is 12.2. The molecule has 1 saturated heterocycles. The average molecular weight is 260 g/mol. The highest BCUT2D eigenvalue weighted by atomic mass is 16.5. The van der Waals surface area contributed by atoms with Crippen molar-refractivity contribution in [2.75, 3.05) is 33.4 Å². The Kier molecular flexibility index (Phi) is 5.36. The number of aliphatic carboxylic acids is 1. The largest absolute Gasteiger partial charge is 0.480 e. The van der Waals surface area contributed by atoms with Crippen LogP contribution in [0.15, 0.2) is 0 Å². The topological polar surface area (TPSA) is 90.3 Å². The van der Waals surface area contributed by atoms with Crippen molar-refractivity contribution in [1.29, 1.82) is 0 Å². The summed E-state index contributed by atoms with van der Waals surface area (Å²) >= 11 is 0. The Bertz CT molecular complexity index is 310. The summed E-state index contributed by atoms with van der Waals surface area (Å²) in [5, 5.41) is 18.5. The van der Waals surface area contributed by atoms with E-state index in [0.29, 0.717) is 19.7 Å². The van der Waals surface area contributed by atoms with Crippen molar-refractivity contribution >= 4 is 12.0 Å². The Labute approximate surface area is 106 Å². The zero-order valence-electron chi connectivity index (χ0n) is 10.7. The van der Waals surface area contributed by atoms with E-state index < -0.39 is 18.1 Å². The van der Waals surface area contributed by atoms with E-state index in [2.05, 4.69) is 0 Å². The first kappa shape index (κ1) is 14.7. The molecule has 2 amide bonds. The van der Waals surface area contributed by atoms with Crippen LogP contribution in [0.25, 0.3) is 0 Å². The Morgan fingerprint density at radius 1 is 1.50 bits per heavy atom. The van der Waals surface area contributed by atoms with Gasteiger partial charge in [0.2, 0.25) is 0 Å². The molecule has 0 spiro atoms. The fourth-order valence-corrected chi connectivity index (χ4v) is 2.03. The zero-order valence-corrected chi connectivity index (χ0v) is 10.7. The highest BCUT2D eigenvalue weighted by Gasteiger charge is 2.40. The number of hydrogen-bond donors (Lipinski definition) is 2. The molecule has 7 heteroatoms. The van der Waals surface area contributed by atoms with Gasteiger partial charge in [0.25, 0.3) is 0 Å². The molecule has 1 aliphatic rings. The van der Waals surface area contributed by atoms with Crippen molar-refractivity contribution in [3.63, 3.8) is 0 Å². The van der Waals surface area contributed by atoms with E-state index in [1.54, 1.807) is 0 Å². The van der Waals surface area contributed by atoms with E-state index >= 15 is 0 Å². The van der Waals surface area contributed by atoms with E-state index in [4.69, 9.17) is 9.84 Å². The van der Waals surface area contributed by atoms with Crippen LogP contribution in [0.4, 0.5) is 4.79 Å². The average Bonchev–Trinajstić information content (AvgIpc) is 2.72. The van der Waals surface area contributed by atoms with E-state index in [0.717, 1.165) is 0 Å². The molecule has 0 aliphatic carbocycles. The van der Waals surface area contributed by atoms with Crippen molar-refractivity contribution in [2.24, 2.45) is 0 Å². The number of nitrogens with zero attached hydrogens (tertiary/aromatic N) is 2. The molecular weight excluding hydrogens is 240 g/mol. The molecule has 7 nitrogen and oxygen atoms in total. The lowest BCUT2D eigenvalue weighted by molar-refractivity contribution is -0.141. The van der Waals surface area contributed by atoms with Crippen LogP contribution in [0, 0.1) is 0 Å². The molecule has 2 atom stereocenters. The Hall–Kier alpha value is -1.34. The summed E-state index contributed by atoms with van der Waals surface area (Å²) in [4.78, 5) is 25.9. The van der Waals surface area contributed by atoms with Crippen LogP contribution >= 0.6 is 0 Å². The third-order valence-electron chi connectivity index (χ3n) is 3.03. The minimum atomic E-state index is -1.08. The highest BCUT2D eigenvalue weighted by molar-refractivity contribution is 5.83. The van der Waals surface area contributed by atoms with Gasteiger partial charge in [-0.25, -0.2) is 9.59 Å². The van der Waals surface area contributed by atoms with Crippen LogP contribution in [0.2, 0.25) is 0 Å². The van der Waals surface area contributed by atoms with Crippen LogP contribution in [0.3, 0.4) is 0 Å². The molecule has 1 heterocycles. The Morgan fingerprint density at radius 2 is 2.17 bits per heavy atom. The number of amides is 2. The number of likely N-dealkylation sites (N-methyl/N-ethyl adjacent to an activating group) is 1. The van der Waals surface area contributed by atoms with E-state index in [1.165, 1.54) is 16.9 Å². The first-order valence-corrected chi connectivity index (χ1v) is 5.96. The molecule has 0 aromatic rings. The molecular formula is C11H20N2O5. The van der Waals surface area contributed by atoms with Crippen LogP contribution in [-0.2, 0) is 9.53 Å². The summed E-state index contributed by atoms with van der Waals surface area (Å²) < 4.78 is 4.90. The standard InChI is InChI=1S/C11H20N2O5/c1-3-12(4-5-18-2)11(17)13-7-8(14)6-9(13)10(15)16/h8-9,14H,3-7H2,1-2H3,(H,15,16)/t8?,9-/m0/s1. The van der Waals surface area contributed by atoms with Crippen molar-refractivity contribution in [3.05, 3.63) is 0 Å². The minimum Gasteiger partial charge on any atom is -0.480 e. The first-order chi connectivity index (χ1) is 8.51. The number of ether oxygens (including phenoxy) is 1. The van der Waals surface area contributed by atoms with Gasteiger partial charge >= 0.3 is 12.0 Å². The maximum Gasteiger partial charge on any atom is 0.326 e. The number of aliphatic hydroxyl groups is 1. The van der Waals surface area contributed by atoms with Gasteiger partial charge in [0.05, 0.1) is 12.7 Å². The lowest BCUT2D eigenvalue weighted by atomic mass is 10.2. The van der Waals surface area contributed by atoms with E-state index in [-0.39, 0.29) is 19.0 Å². The number of urea groups is 1. The van der Waals surface area contributed by atoms with Gasteiger partial charge in [0.1, 0.15) is 6.04 Å². The molecule has 18 heavy (non-hydrogen) atoms. The van der Waals surface area contributed by atoms with E-state index in [1.807, 2.05) is 6.92 Å². The van der Waals surface area contributed by atoms with Gasteiger partial charge in [0.15, 0.2) is 0 Å². The van der Waals surface area contributed by atoms with Crippen LogP contribution in [-0.4, -0.2) is 77.5 Å². The summed E-state index contributed by atoms with van der Waals surface area (Å²) in [6, 6.07) is -1.30. The number of hydrogen-bond acceptors (Lipinski definition) is 4. The van der Waals surface area contributed by atoms with Gasteiger partial charge in [-0.05, 0) is 6.92 Å². The number of methoxy groups -OCH3 is 1. The van der Waals surface area contributed by atoms with Crippen molar-refractivity contribution in [2.45, 2.75) is 25.5 Å². The monoisotopic (exact) mass is 260 g/mol. The number of carbonyl (C=O) groups is 2. The molecule has 1 fully saturated rings. The van der Waals surface area contributed by atoms with Gasteiger partial charge in [-0.1, -0.05) is 0 Å². The number of carboxylic acid groups (broad SMARTS) is 1. The van der Waals surface area contributed by atoms with Crippen molar-refractivity contribution in [3.8, 4) is 0 Å². The van der Waals surface area contributed by atoms with Crippen LogP contribution < -0.4 is 0 Å². The fourth-order valence-electron chi connectivity index (χ4n) is 2.03. The molecule has 2 N–H and O–H groups in total. The highest BCUT2D eigenvalue weighted by Crippen LogP contribution is 2.19. The SMILES string of the molecule is CCN(CCOC)C(=O)N1CC(O)C[C@H]1C(=O)O. The fraction of sp³-hybridized carbons (Fsp3) is 0.818. The third kappa shape index (κ3) is 3.33. The van der Waals surface area contributed by atoms with Crippen LogP contribution in [0.5, 0.6) is 0 Å². The molecule has 1 rings (SSSR count). The molecule has 1 aliphatic heterocycles. The summed E-state index contributed by atoms with van der Waals surface area (Å²) in [6.07, 6.45) is -0.681. The van der Waals surface area contributed by atoms with Crippen LogP contribution in [0.1, 0.15) is 13.3 Å². The molecule has 1 unspecified atom stereocenters. The molecule has 104 valence electrons. The van der Waals surface area contributed by atoms with E-state index in [9.17, 15) is 14.7 Å². The number of β-amino-alcohol motifs (C(OH)–C–C–N with tert-alkyl or cyclic N) is 1. The second-order valence-corrected chi connectivity index (χ2v) is 4.25. The maximum atomic E-state index is 12.2. The quantitative estimate of drug-likeness (QED) is 0.701. The number of aliphatic hydroxyl groups excluding tert-OH is 1. The zero-order chi connectivity index (χ0) is 13.7. The molecule has 0 aromatic carbocycles. The number of likely N-dealkylation sites (tertiary alicyclic amines) is 1. The first-order valence-electron chi connectivity index (χ1n) is 5.96. The Balaban J connectivity index is 2.70. The van der Waals surface area contributed by atoms with Gasteiger partial charge < -0.3 is 24.7 Å². The van der Waals surface area contributed by atoms with Crippen molar-refractivity contribution < 1.29 is 24.5 Å². The third-order valence-corrected chi connectivity index (χ3v) is 3.03. The molecule has 0 aromatic heterocycles. The summed E-state index contributed by atoms with van der Waals surface area (Å²) in [5.41, 5.74) is 0. The molecule has 0 bridgehead atoms. The normalized spacial score (nSPS) is 23.2. The van der Waals surface area contributed by atoms with Gasteiger partial charge in [-0.3, -0.25) is 0 Å². The van der Waals surface area contributed by atoms with Gasteiger partial charge in [-0.2, -0.15) is 0 Å². The number of carboxylic acids is 1. The summed E-state index contributed by atoms with van der Waals surface area (Å²) in [6.45, 7) is 3.16.